The number of hydrogen-bond acceptors (Lipinski definition) is 6. The van der Waals surface area contributed by atoms with E-state index in [0.717, 1.165) is 22.4 Å². The number of para-hydroxylation sites is 2. The van der Waals surface area contributed by atoms with E-state index in [9.17, 15) is 0 Å². The number of hydrogen-bond donors (Lipinski definition) is 2. The molecule has 0 saturated carbocycles. The second kappa shape index (κ2) is 7.72. The van der Waals surface area contributed by atoms with Crippen LogP contribution in [0, 0.1) is 5.41 Å². The quantitative estimate of drug-likeness (QED) is 0.373. The summed E-state index contributed by atoms with van der Waals surface area (Å²) in [7, 11) is 0. The number of fused-ring (bicyclic) bond motifs is 2. The summed E-state index contributed by atoms with van der Waals surface area (Å²) in [4.78, 5) is 18.2. The van der Waals surface area contributed by atoms with Crippen LogP contribution < -0.4 is 10.5 Å². The number of aromatic amines is 1. The summed E-state index contributed by atoms with van der Waals surface area (Å²) in [5.74, 6) is 0.506. The van der Waals surface area contributed by atoms with E-state index in [0.29, 0.717) is 28.3 Å². The Labute approximate surface area is 188 Å². The molecule has 3 aromatic heterocycles. The molecular formula is C26H18N6O. The van der Waals surface area contributed by atoms with Crippen molar-refractivity contribution < 1.29 is 4.42 Å². The van der Waals surface area contributed by atoms with Gasteiger partial charge in [0.2, 0.25) is 5.55 Å². The van der Waals surface area contributed by atoms with Gasteiger partial charge in [-0.15, -0.1) is 0 Å². The van der Waals surface area contributed by atoms with Crippen LogP contribution >= 0.6 is 0 Å². The average molecular weight is 430 g/mol. The van der Waals surface area contributed by atoms with E-state index < -0.39 is 0 Å². The molecule has 0 aliphatic carbocycles. The summed E-state index contributed by atoms with van der Waals surface area (Å²) < 4.78 is 5.94. The molecule has 158 valence electrons. The van der Waals surface area contributed by atoms with Crippen LogP contribution in [0.15, 0.2) is 102 Å². The lowest BCUT2D eigenvalue weighted by Crippen LogP contribution is -2.10. The molecule has 7 nitrogen and oxygen atoms in total. The molecule has 0 unspecified atom stereocenters. The number of rotatable bonds is 4. The molecule has 0 amide bonds. The molecule has 0 saturated heterocycles. The van der Waals surface area contributed by atoms with Gasteiger partial charge in [-0.1, -0.05) is 36.4 Å². The van der Waals surface area contributed by atoms with Gasteiger partial charge in [0.1, 0.15) is 11.4 Å². The Hall–Kier alpha value is -4.78. The van der Waals surface area contributed by atoms with Gasteiger partial charge in [-0.05, 0) is 42.5 Å². The lowest BCUT2D eigenvalue weighted by molar-refractivity contribution is 0.535. The van der Waals surface area contributed by atoms with E-state index in [1.54, 1.807) is 12.4 Å². The highest BCUT2D eigenvalue weighted by atomic mass is 16.3. The molecule has 0 radical (unpaired) electrons. The van der Waals surface area contributed by atoms with Gasteiger partial charge >= 0.3 is 0 Å². The Morgan fingerprint density at radius 2 is 1.45 bits per heavy atom. The minimum absolute atomic E-state index is 0.0182. The number of imidazole rings is 1. The average Bonchev–Trinajstić information content (AvgIpc) is 3.29. The van der Waals surface area contributed by atoms with Gasteiger partial charge in [0.15, 0.2) is 11.3 Å². The Bertz CT molecular complexity index is 1570. The first-order valence-corrected chi connectivity index (χ1v) is 10.5. The lowest BCUT2D eigenvalue weighted by atomic mass is 10.1. The molecule has 3 heterocycles. The van der Waals surface area contributed by atoms with Crippen LogP contribution in [0.2, 0.25) is 0 Å². The third-order valence-electron chi connectivity index (χ3n) is 5.43. The number of anilines is 3. The molecule has 6 aromatic rings. The van der Waals surface area contributed by atoms with E-state index in [1.807, 2.05) is 60.7 Å². The third kappa shape index (κ3) is 3.41. The normalized spacial score (nSPS) is 11.2. The van der Waals surface area contributed by atoms with E-state index in [4.69, 9.17) is 9.83 Å². The van der Waals surface area contributed by atoms with Crippen LogP contribution in [-0.2, 0) is 0 Å². The molecule has 33 heavy (non-hydrogen) atoms. The standard InChI is InChI=1S/C26H18N6O/c27-23-21(24-30-25-26(31-24)29-14-13-28-25)15-17-11-12-20(16-22(17)33-23)32(18-7-3-1-4-8-18)19-9-5-2-6-10-19/h1-16,27H,(H,28,29,30,31). The monoisotopic (exact) mass is 430 g/mol. The van der Waals surface area contributed by atoms with Crippen LogP contribution in [0.3, 0.4) is 0 Å². The Kier molecular flexibility index (Phi) is 4.43. The molecule has 6 rings (SSSR count). The highest BCUT2D eigenvalue weighted by Gasteiger charge is 2.15. The Morgan fingerprint density at radius 3 is 2.15 bits per heavy atom. The zero-order chi connectivity index (χ0) is 22.2. The van der Waals surface area contributed by atoms with Crippen molar-refractivity contribution in [2.45, 2.75) is 0 Å². The zero-order valence-electron chi connectivity index (χ0n) is 17.4. The zero-order valence-corrected chi connectivity index (χ0v) is 17.4. The fourth-order valence-corrected chi connectivity index (χ4v) is 3.91. The van der Waals surface area contributed by atoms with Gasteiger partial charge in [-0.2, -0.15) is 0 Å². The predicted octanol–water partition coefficient (Wildman–Crippen LogP) is 5.72. The fraction of sp³-hybridized carbons (Fsp3) is 0. The summed E-state index contributed by atoms with van der Waals surface area (Å²) in [6.45, 7) is 0. The van der Waals surface area contributed by atoms with E-state index in [1.165, 1.54) is 0 Å². The van der Waals surface area contributed by atoms with Crippen LogP contribution in [-0.4, -0.2) is 19.9 Å². The number of H-pyrrole nitrogens is 1. The van der Waals surface area contributed by atoms with Crippen molar-refractivity contribution in [1.29, 1.82) is 5.41 Å². The minimum Gasteiger partial charge on any atom is -0.438 e. The summed E-state index contributed by atoms with van der Waals surface area (Å²) in [6.07, 6.45) is 3.19. The van der Waals surface area contributed by atoms with E-state index in [-0.39, 0.29) is 5.55 Å². The molecule has 3 aromatic carbocycles. The van der Waals surface area contributed by atoms with Gasteiger partial charge in [-0.25, -0.2) is 15.0 Å². The van der Waals surface area contributed by atoms with Crippen LogP contribution in [0.1, 0.15) is 0 Å². The first kappa shape index (κ1) is 18.9. The van der Waals surface area contributed by atoms with Crippen molar-refractivity contribution in [3.05, 3.63) is 103 Å². The first-order chi connectivity index (χ1) is 16.3. The number of benzene rings is 3. The molecule has 0 spiro atoms. The van der Waals surface area contributed by atoms with Gasteiger partial charge < -0.3 is 14.3 Å². The second-order valence-corrected chi connectivity index (χ2v) is 7.53. The van der Waals surface area contributed by atoms with E-state index in [2.05, 4.69) is 49.1 Å². The minimum atomic E-state index is 0.0182. The maximum atomic E-state index is 8.49. The highest BCUT2D eigenvalue weighted by Crippen LogP contribution is 2.35. The predicted molar refractivity (Wildman–Crippen MR) is 127 cm³/mol. The molecule has 2 N–H and O–H groups in total. The lowest BCUT2D eigenvalue weighted by Gasteiger charge is -2.25. The van der Waals surface area contributed by atoms with Gasteiger partial charge in [0.25, 0.3) is 0 Å². The third-order valence-corrected chi connectivity index (χ3v) is 5.43. The Morgan fingerprint density at radius 1 is 0.758 bits per heavy atom. The summed E-state index contributed by atoms with van der Waals surface area (Å²) in [6, 6.07) is 28.2. The molecular weight excluding hydrogens is 412 g/mol. The topological polar surface area (TPSA) is 94.7 Å². The van der Waals surface area contributed by atoms with Crippen LogP contribution in [0.25, 0.3) is 33.7 Å². The van der Waals surface area contributed by atoms with Crippen molar-refractivity contribution in [2.24, 2.45) is 0 Å². The van der Waals surface area contributed by atoms with Crippen molar-refractivity contribution in [2.75, 3.05) is 4.90 Å². The molecule has 0 aliphatic rings. The fourth-order valence-electron chi connectivity index (χ4n) is 3.91. The van der Waals surface area contributed by atoms with Crippen molar-refractivity contribution >= 4 is 39.3 Å². The molecule has 0 bridgehead atoms. The maximum absolute atomic E-state index is 8.49. The first-order valence-electron chi connectivity index (χ1n) is 10.5. The summed E-state index contributed by atoms with van der Waals surface area (Å²) in [5.41, 5.74) is 5.27. The van der Waals surface area contributed by atoms with Gasteiger partial charge in [-0.3, -0.25) is 5.41 Å². The van der Waals surface area contributed by atoms with Crippen molar-refractivity contribution in [3.8, 4) is 11.4 Å². The van der Waals surface area contributed by atoms with Crippen LogP contribution in [0.4, 0.5) is 17.1 Å². The number of nitrogens with one attached hydrogen (secondary N) is 2. The second-order valence-electron chi connectivity index (χ2n) is 7.53. The molecule has 0 atom stereocenters. The van der Waals surface area contributed by atoms with Gasteiger partial charge in [0.05, 0.1) is 5.56 Å². The molecule has 7 heteroatoms. The molecule has 0 aliphatic heterocycles. The number of nitrogens with zero attached hydrogens (tertiary/aromatic N) is 4. The van der Waals surface area contributed by atoms with Crippen LogP contribution in [0.5, 0.6) is 0 Å². The summed E-state index contributed by atoms with van der Waals surface area (Å²) in [5, 5.41) is 9.36. The SMILES string of the molecule is N=c1oc2cc(N(c3ccccc3)c3ccccc3)ccc2cc1-c1nc2nccnc2[nH]1. The largest absolute Gasteiger partial charge is 0.438 e. The maximum Gasteiger partial charge on any atom is 0.223 e. The van der Waals surface area contributed by atoms with Crippen molar-refractivity contribution in [1.82, 2.24) is 19.9 Å². The highest BCUT2D eigenvalue weighted by molar-refractivity contribution is 5.87. The van der Waals surface area contributed by atoms with E-state index >= 15 is 0 Å². The van der Waals surface area contributed by atoms with Gasteiger partial charge in [0, 0.05) is 40.9 Å². The number of aromatic nitrogens is 4. The smallest absolute Gasteiger partial charge is 0.223 e. The Balaban J connectivity index is 1.48. The molecule has 0 fully saturated rings. The van der Waals surface area contributed by atoms with Crippen molar-refractivity contribution in [3.63, 3.8) is 0 Å². The summed E-state index contributed by atoms with van der Waals surface area (Å²) >= 11 is 0.